The van der Waals surface area contributed by atoms with Gasteiger partial charge in [0.1, 0.15) is 12.6 Å². The molecule has 1 atom stereocenters. The number of carbonyl (C=O) groups is 2. The highest BCUT2D eigenvalue weighted by atomic mass is 32.2. The molecule has 206 valence electrons. The van der Waals surface area contributed by atoms with Crippen molar-refractivity contribution >= 4 is 27.5 Å². The molecular weight excluding hydrogens is 510 g/mol. The largest absolute Gasteiger partial charge is 0.352 e. The summed E-state index contributed by atoms with van der Waals surface area (Å²) >= 11 is 0. The third-order valence-corrected chi connectivity index (χ3v) is 9.24. The topological polar surface area (TPSA) is 86.8 Å². The smallest absolute Gasteiger partial charge is 0.264 e. The van der Waals surface area contributed by atoms with Crippen molar-refractivity contribution in [3.05, 3.63) is 95.6 Å². The quantitative estimate of drug-likeness (QED) is 0.388. The van der Waals surface area contributed by atoms with Crippen LogP contribution in [0.15, 0.2) is 83.8 Å². The number of nitrogens with one attached hydrogen (secondary N) is 1. The van der Waals surface area contributed by atoms with Gasteiger partial charge in [0.2, 0.25) is 11.8 Å². The number of amides is 2. The fourth-order valence-electron chi connectivity index (χ4n) is 5.02. The van der Waals surface area contributed by atoms with Gasteiger partial charge in [-0.3, -0.25) is 13.9 Å². The maximum absolute atomic E-state index is 14.1. The van der Waals surface area contributed by atoms with Crippen LogP contribution in [0.5, 0.6) is 0 Å². The summed E-state index contributed by atoms with van der Waals surface area (Å²) in [5.74, 6) is -0.674. The summed E-state index contributed by atoms with van der Waals surface area (Å²) in [6.07, 6.45) is 4.02. The predicted octanol–water partition coefficient (Wildman–Crippen LogP) is 4.97. The molecule has 7 nitrogen and oxygen atoms in total. The van der Waals surface area contributed by atoms with Crippen LogP contribution in [0.25, 0.3) is 0 Å². The Morgan fingerprint density at radius 1 is 0.872 bits per heavy atom. The molecule has 4 rings (SSSR count). The first-order valence-corrected chi connectivity index (χ1v) is 14.9. The van der Waals surface area contributed by atoms with Gasteiger partial charge >= 0.3 is 0 Å². The molecule has 3 aromatic rings. The van der Waals surface area contributed by atoms with Crippen molar-refractivity contribution in [2.45, 2.75) is 70.0 Å². The fourth-order valence-corrected chi connectivity index (χ4v) is 6.52. The Hall–Kier alpha value is -3.65. The van der Waals surface area contributed by atoms with Crippen molar-refractivity contribution < 1.29 is 18.0 Å². The molecule has 0 bridgehead atoms. The Bertz CT molecular complexity index is 1400. The average molecular weight is 548 g/mol. The second-order valence-corrected chi connectivity index (χ2v) is 12.1. The lowest BCUT2D eigenvalue weighted by molar-refractivity contribution is -0.139. The van der Waals surface area contributed by atoms with Gasteiger partial charge in [0, 0.05) is 12.6 Å². The molecular formula is C31H37N3O4S. The molecule has 0 spiro atoms. The van der Waals surface area contributed by atoms with Crippen LogP contribution < -0.4 is 9.62 Å². The standard InChI is InChI=1S/C31H37N3O4S/c1-23-13-7-9-15-26(23)21-33(25(3)31(36)32-27-16-10-11-17-27)30(35)22-34(29-20-12-8-14-24(29)2)39(37,38)28-18-5-4-6-19-28/h4-9,12-15,18-20,25,27H,10-11,16-17,21-22H2,1-3H3,(H,32,36)/t25-/m0/s1. The normalized spacial score (nSPS) is 14.5. The van der Waals surface area contributed by atoms with E-state index in [2.05, 4.69) is 5.32 Å². The summed E-state index contributed by atoms with van der Waals surface area (Å²) in [6.45, 7) is 5.24. The number of hydrogen-bond donors (Lipinski definition) is 1. The molecule has 39 heavy (non-hydrogen) atoms. The highest BCUT2D eigenvalue weighted by molar-refractivity contribution is 7.92. The first kappa shape index (κ1) is 28.4. The van der Waals surface area contributed by atoms with Crippen molar-refractivity contribution in [3.8, 4) is 0 Å². The highest BCUT2D eigenvalue weighted by Crippen LogP contribution is 2.27. The number of benzene rings is 3. The highest BCUT2D eigenvalue weighted by Gasteiger charge is 2.33. The van der Waals surface area contributed by atoms with Crippen LogP contribution in [0.4, 0.5) is 5.69 Å². The molecule has 0 heterocycles. The Kier molecular flexibility index (Phi) is 9.07. The Morgan fingerprint density at radius 3 is 2.10 bits per heavy atom. The van der Waals surface area contributed by atoms with Crippen LogP contribution in [0.1, 0.15) is 49.3 Å². The summed E-state index contributed by atoms with van der Waals surface area (Å²) in [7, 11) is -4.07. The number of rotatable bonds is 10. The van der Waals surface area contributed by atoms with Gasteiger partial charge < -0.3 is 10.2 Å². The minimum atomic E-state index is -4.07. The third kappa shape index (κ3) is 6.68. The number of sulfonamides is 1. The van der Waals surface area contributed by atoms with E-state index in [0.29, 0.717) is 5.69 Å². The molecule has 0 aliphatic heterocycles. The second kappa shape index (κ2) is 12.5. The van der Waals surface area contributed by atoms with Crippen molar-refractivity contribution in [1.29, 1.82) is 0 Å². The van der Waals surface area contributed by atoms with Gasteiger partial charge in [-0.15, -0.1) is 0 Å². The van der Waals surface area contributed by atoms with Gasteiger partial charge in [0.15, 0.2) is 0 Å². The minimum absolute atomic E-state index is 0.0959. The van der Waals surface area contributed by atoms with Gasteiger partial charge in [-0.05, 0) is 68.5 Å². The predicted molar refractivity (Wildman–Crippen MR) is 154 cm³/mol. The van der Waals surface area contributed by atoms with Crippen LogP contribution in [-0.2, 0) is 26.2 Å². The average Bonchev–Trinajstić information content (AvgIpc) is 3.45. The molecule has 1 N–H and O–H groups in total. The Balaban J connectivity index is 1.69. The lowest BCUT2D eigenvalue weighted by Gasteiger charge is -2.33. The van der Waals surface area contributed by atoms with Crippen LogP contribution >= 0.6 is 0 Å². The van der Waals surface area contributed by atoms with E-state index in [1.54, 1.807) is 37.3 Å². The molecule has 1 fully saturated rings. The molecule has 0 radical (unpaired) electrons. The Morgan fingerprint density at radius 2 is 1.46 bits per heavy atom. The first-order valence-electron chi connectivity index (χ1n) is 13.5. The number of aryl methyl sites for hydroxylation is 2. The van der Waals surface area contributed by atoms with Crippen LogP contribution in [0.3, 0.4) is 0 Å². The second-order valence-electron chi connectivity index (χ2n) is 10.2. The third-order valence-electron chi connectivity index (χ3n) is 7.47. The van der Waals surface area contributed by atoms with Crippen molar-refractivity contribution in [3.63, 3.8) is 0 Å². The number of carbonyl (C=O) groups excluding carboxylic acids is 2. The summed E-state index contributed by atoms with van der Waals surface area (Å²) in [6, 6.07) is 22.2. The van der Waals surface area contributed by atoms with Gasteiger partial charge in [-0.2, -0.15) is 0 Å². The lowest BCUT2D eigenvalue weighted by Crippen LogP contribution is -2.52. The van der Waals surface area contributed by atoms with Crippen LogP contribution in [0, 0.1) is 13.8 Å². The maximum atomic E-state index is 14.1. The molecule has 0 unspecified atom stereocenters. The Labute approximate surface area is 231 Å². The van der Waals surface area contributed by atoms with E-state index in [9.17, 15) is 18.0 Å². The van der Waals surface area contributed by atoms with E-state index < -0.39 is 28.5 Å². The van der Waals surface area contributed by atoms with E-state index in [-0.39, 0.29) is 23.4 Å². The lowest BCUT2D eigenvalue weighted by atomic mass is 10.1. The first-order chi connectivity index (χ1) is 18.7. The molecule has 1 aliphatic rings. The van der Waals surface area contributed by atoms with Crippen molar-refractivity contribution in [2.75, 3.05) is 10.8 Å². The molecule has 0 aromatic heterocycles. The number of para-hydroxylation sites is 1. The minimum Gasteiger partial charge on any atom is -0.352 e. The molecule has 3 aromatic carbocycles. The summed E-state index contributed by atoms with van der Waals surface area (Å²) in [5.41, 5.74) is 3.04. The number of nitrogens with zero attached hydrogens (tertiary/aromatic N) is 2. The maximum Gasteiger partial charge on any atom is 0.264 e. The number of anilines is 1. The summed E-state index contributed by atoms with van der Waals surface area (Å²) in [5, 5.41) is 3.10. The van der Waals surface area contributed by atoms with E-state index >= 15 is 0 Å². The molecule has 8 heteroatoms. The van der Waals surface area contributed by atoms with Gasteiger partial charge in [0.25, 0.3) is 10.0 Å². The van der Waals surface area contributed by atoms with E-state index in [1.165, 1.54) is 17.0 Å². The summed E-state index contributed by atoms with van der Waals surface area (Å²) in [4.78, 5) is 29.0. The van der Waals surface area contributed by atoms with Crippen LogP contribution in [-0.4, -0.2) is 43.8 Å². The zero-order valence-corrected chi connectivity index (χ0v) is 23.7. The van der Waals surface area contributed by atoms with Crippen molar-refractivity contribution in [1.82, 2.24) is 10.2 Å². The molecule has 0 saturated heterocycles. The monoisotopic (exact) mass is 547 g/mol. The molecule has 1 aliphatic carbocycles. The molecule has 2 amide bonds. The zero-order chi connectivity index (χ0) is 28.0. The van der Waals surface area contributed by atoms with Crippen LogP contribution in [0.2, 0.25) is 0 Å². The van der Waals surface area contributed by atoms with Gasteiger partial charge in [-0.25, -0.2) is 8.42 Å². The van der Waals surface area contributed by atoms with Gasteiger partial charge in [0.05, 0.1) is 10.6 Å². The number of hydrogen-bond acceptors (Lipinski definition) is 4. The van der Waals surface area contributed by atoms with E-state index in [4.69, 9.17) is 0 Å². The SMILES string of the molecule is Cc1ccccc1CN(C(=O)CN(c1ccccc1C)S(=O)(=O)c1ccccc1)[C@@H](C)C(=O)NC1CCCC1. The molecule has 1 saturated carbocycles. The fraction of sp³-hybridized carbons (Fsp3) is 0.355. The zero-order valence-electron chi connectivity index (χ0n) is 22.8. The van der Waals surface area contributed by atoms with Crippen molar-refractivity contribution in [2.24, 2.45) is 0 Å². The van der Waals surface area contributed by atoms with E-state index in [0.717, 1.165) is 46.7 Å². The van der Waals surface area contributed by atoms with Gasteiger partial charge in [-0.1, -0.05) is 73.5 Å². The summed E-state index contributed by atoms with van der Waals surface area (Å²) < 4.78 is 28.9. The van der Waals surface area contributed by atoms with E-state index in [1.807, 2.05) is 50.2 Å².